The van der Waals surface area contributed by atoms with E-state index in [2.05, 4.69) is 21.2 Å². The number of benzene rings is 2. The van der Waals surface area contributed by atoms with Gasteiger partial charge in [-0.15, -0.1) is 0 Å². The summed E-state index contributed by atoms with van der Waals surface area (Å²) in [7, 11) is 0. The van der Waals surface area contributed by atoms with Gasteiger partial charge >= 0.3 is 0 Å². The Morgan fingerprint density at radius 1 is 1.21 bits per heavy atom. The predicted octanol–water partition coefficient (Wildman–Crippen LogP) is 4.23. The van der Waals surface area contributed by atoms with Crippen LogP contribution in [0.15, 0.2) is 46.9 Å². The number of anilines is 1. The van der Waals surface area contributed by atoms with Crippen LogP contribution in [0, 0.1) is 11.3 Å². The van der Waals surface area contributed by atoms with Crippen LogP contribution in [-0.4, -0.2) is 5.91 Å². The van der Waals surface area contributed by atoms with Gasteiger partial charge in [-0.2, -0.15) is 5.26 Å². The van der Waals surface area contributed by atoms with Crippen molar-refractivity contribution in [2.75, 3.05) is 5.32 Å². The van der Waals surface area contributed by atoms with Crippen molar-refractivity contribution in [2.45, 2.75) is 0 Å². The first-order valence-corrected chi connectivity index (χ1v) is 6.54. The fraction of sp³-hybridized carbons (Fsp3) is 0. The summed E-state index contributed by atoms with van der Waals surface area (Å²) in [5, 5.41) is 11.8. The third kappa shape index (κ3) is 3.34. The number of carbonyl (C=O) groups excluding carboxylic acids is 1. The molecule has 0 bridgehead atoms. The highest BCUT2D eigenvalue weighted by atomic mass is 79.9. The Balaban J connectivity index is 2.18. The molecule has 0 saturated carbocycles. The highest BCUT2D eigenvalue weighted by molar-refractivity contribution is 9.10. The molecule has 0 unspecified atom stereocenters. The topological polar surface area (TPSA) is 52.9 Å². The van der Waals surface area contributed by atoms with E-state index in [0.717, 1.165) is 4.47 Å². The molecular weight excluding hydrogens is 328 g/mol. The van der Waals surface area contributed by atoms with E-state index in [-0.39, 0.29) is 5.91 Å². The molecule has 0 aliphatic carbocycles. The first-order chi connectivity index (χ1) is 9.10. The van der Waals surface area contributed by atoms with E-state index in [1.807, 2.05) is 6.07 Å². The summed E-state index contributed by atoms with van der Waals surface area (Å²) in [5.74, 6) is -0.290. The summed E-state index contributed by atoms with van der Waals surface area (Å²) < 4.78 is 0.812. The van der Waals surface area contributed by atoms with Crippen molar-refractivity contribution in [1.82, 2.24) is 0 Å². The number of nitriles is 1. The van der Waals surface area contributed by atoms with Gasteiger partial charge in [0.05, 0.1) is 22.2 Å². The minimum absolute atomic E-state index is 0.290. The number of amides is 1. The van der Waals surface area contributed by atoms with Crippen LogP contribution in [-0.2, 0) is 0 Å². The summed E-state index contributed by atoms with van der Waals surface area (Å²) in [6.07, 6.45) is 0. The highest BCUT2D eigenvalue weighted by Gasteiger charge is 2.10. The summed E-state index contributed by atoms with van der Waals surface area (Å²) >= 11 is 9.29. The van der Waals surface area contributed by atoms with Gasteiger partial charge < -0.3 is 5.32 Å². The molecule has 0 spiro atoms. The van der Waals surface area contributed by atoms with Crippen molar-refractivity contribution in [1.29, 1.82) is 5.26 Å². The zero-order valence-corrected chi connectivity index (χ0v) is 12.0. The monoisotopic (exact) mass is 334 g/mol. The van der Waals surface area contributed by atoms with Crippen LogP contribution in [0.3, 0.4) is 0 Å². The molecule has 0 aliphatic heterocycles. The normalized spacial score (nSPS) is 9.74. The summed E-state index contributed by atoms with van der Waals surface area (Å²) in [5.41, 5.74) is 1.55. The van der Waals surface area contributed by atoms with E-state index >= 15 is 0 Å². The minimum Gasteiger partial charge on any atom is -0.322 e. The molecule has 0 saturated heterocycles. The molecule has 0 radical (unpaired) electrons. The number of nitrogens with zero attached hydrogens (tertiary/aromatic N) is 1. The highest BCUT2D eigenvalue weighted by Crippen LogP contribution is 2.22. The van der Waals surface area contributed by atoms with Crippen molar-refractivity contribution in [3.05, 3.63) is 63.1 Å². The quantitative estimate of drug-likeness (QED) is 0.893. The van der Waals surface area contributed by atoms with Crippen LogP contribution < -0.4 is 5.32 Å². The van der Waals surface area contributed by atoms with E-state index in [9.17, 15) is 4.79 Å². The first-order valence-electron chi connectivity index (χ1n) is 5.37. The second kappa shape index (κ2) is 5.87. The third-order valence-corrected chi connectivity index (χ3v) is 3.25. The molecule has 0 aromatic heterocycles. The van der Waals surface area contributed by atoms with E-state index in [1.165, 1.54) is 0 Å². The van der Waals surface area contributed by atoms with Gasteiger partial charge in [0.25, 0.3) is 5.91 Å². The van der Waals surface area contributed by atoms with Crippen LogP contribution in [0.4, 0.5) is 5.69 Å². The Hall–Kier alpha value is -1.83. The van der Waals surface area contributed by atoms with E-state index in [4.69, 9.17) is 16.9 Å². The third-order valence-electron chi connectivity index (χ3n) is 2.45. The second-order valence-electron chi connectivity index (χ2n) is 3.77. The fourth-order valence-electron chi connectivity index (χ4n) is 1.50. The lowest BCUT2D eigenvalue weighted by atomic mass is 10.2. The Kier molecular flexibility index (Phi) is 4.20. The molecule has 2 rings (SSSR count). The molecule has 19 heavy (non-hydrogen) atoms. The maximum atomic E-state index is 12.0. The second-order valence-corrected chi connectivity index (χ2v) is 5.09. The molecule has 3 nitrogen and oxygen atoms in total. The SMILES string of the molecule is N#Cc1ccc(NC(=O)c2ccc(Br)cc2Cl)cc1. The maximum Gasteiger partial charge on any atom is 0.257 e. The molecule has 5 heteroatoms. The zero-order chi connectivity index (χ0) is 13.8. The Morgan fingerprint density at radius 2 is 1.89 bits per heavy atom. The molecule has 1 N–H and O–H groups in total. The predicted molar refractivity (Wildman–Crippen MR) is 78.3 cm³/mol. The molecule has 1 amide bonds. The van der Waals surface area contributed by atoms with Crippen LogP contribution in [0.5, 0.6) is 0 Å². The van der Waals surface area contributed by atoms with Crippen molar-refractivity contribution in [3.63, 3.8) is 0 Å². The molecule has 0 fully saturated rings. The molecule has 2 aromatic rings. The number of halogens is 2. The summed E-state index contributed by atoms with van der Waals surface area (Å²) in [6, 6.07) is 13.7. The average molecular weight is 336 g/mol. The smallest absolute Gasteiger partial charge is 0.257 e. The van der Waals surface area contributed by atoms with Crippen molar-refractivity contribution in [2.24, 2.45) is 0 Å². The van der Waals surface area contributed by atoms with Gasteiger partial charge in [-0.05, 0) is 42.5 Å². The summed E-state index contributed by atoms with van der Waals surface area (Å²) in [6.45, 7) is 0. The molecule has 0 heterocycles. The largest absolute Gasteiger partial charge is 0.322 e. The van der Waals surface area contributed by atoms with Crippen molar-refractivity contribution in [3.8, 4) is 6.07 Å². The molecule has 2 aromatic carbocycles. The van der Waals surface area contributed by atoms with Crippen molar-refractivity contribution >= 4 is 39.1 Å². The van der Waals surface area contributed by atoms with Gasteiger partial charge in [0.1, 0.15) is 0 Å². The Bertz CT molecular complexity index is 662. The van der Waals surface area contributed by atoms with Crippen LogP contribution in [0.2, 0.25) is 5.02 Å². The number of rotatable bonds is 2. The van der Waals surface area contributed by atoms with E-state index in [1.54, 1.807) is 42.5 Å². The Morgan fingerprint density at radius 3 is 2.47 bits per heavy atom. The number of carbonyl (C=O) groups is 1. The Labute approximate surface area is 123 Å². The fourth-order valence-corrected chi connectivity index (χ4v) is 2.26. The lowest BCUT2D eigenvalue weighted by molar-refractivity contribution is 0.102. The molecule has 0 aliphatic rings. The van der Waals surface area contributed by atoms with Crippen LogP contribution in [0.25, 0.3) is 0 Å². The number of hydrogen-bond donors (Lipinski definition) is 1. The van der Waals surface area contributed by atoms with E-state index < -0.39 is 0 Å². The van der Waals surface area contributed by atoms with Gasteiger partial charge in [0.15, 0.2) is 0 Å². The average Bonchev–Trinajstić information content (AvgIpc) is 2.39. The van der Waals surface area contributed by atoms with Gasteiger partial charge in [0.2, 0.25) is 0 Å². The van der Waals surface area contributed by atoms with Gasteiger partial charge in [-0.25, -0.2) is 0 Å². The van der Waals surface area contributed by atoms with Crippen molar-refractivity contribution < 1.29 is 4.79 Å². The molecular formula is C14H8BrClN2O. The first kappa shape index (κ1) is 13.6. The molecule has 94 valence electrons. The van der Waals surface area contributed by atoms with Gasteiger partial charge in [-0.1, -0.05) is 27.5 Å². The lowest BCUT2D eigenvalue weighted by Gasteiger charge is -2.07. The van der Waals surface area contributed by atoms with Crippen LogP contribution in [0.1, 0.15) is 15.9 Å². The zero-order valence-electron chi connectivity index (χ0n) is 9.65. The van der Waals surface area contributed by atoms with E-state index in [0.29, 0.717) is 21.8 Å². The lowest BCUT2D eigenvalue weighted by Crippen LogP contribution is -2.12. The van der Waals surface area contributed by atoms with Crippen LogP contribution >= 0.6 is 27.5 Å². The minimum atomic E-state index is -0.290. The summed E-state index contributed by atoms with van der Waals surface area (Å²) in [4.78, 5) is 12.0. The number of nitrogens with one attached hydrogen (secondary N) is 1. The maximum absolute atomic E-state index is 12.0. The number of hydrogen-bond acceptors (Lipinski definition) is 2. The molecule has 0 atom stereocenters. The van der Waals surface area contributed by atoms with Gasteiger partial charge in [0, 0.05) is 10.2 Å². The van der Waals surface area contributed by atoms with Gasteiger partial charge in [-0.3, -0.25) is 4.79 Å². The standard InChI is InChI=1S/C14H8BrClN2O/c15-10-3-6-12(13(16)7-10)14(19)18-11-4-1-9(8-17)2-5-11/h1-7H,(H,18,19).